The Morgan fingerprint density at radius 2 is 0.532 bits per heavy atom. The molecule has 0 spiro atoms. The van der Waals surface area contributed by atoms with Crippen LogP contribution in [-0.2, 0) is 0 Å². The van der Waals surface area contributed by atoms with E-state index in [-0.39, 0.29) is 0 Å². The van der Waals surface area contributed by atoms with Crippen molar-refractivity contribution in [2.24, 2.45) is 0 Å². The number of benzene rings is 10. The Hall–Kier alpha value is -5.52. The average Bonchev–Trinajstić information content (AvgIpc) is 3.50. The highest BCUT2D eigenvalue weighted by Gasteiger charge is 2.04. The smallest absolute Gasteiger partial charge is 0.0123 e. The number of allylic oxidation sites excluding steroid dienone is 4. The number of hydrogen-bond donors (Lipinski definition) is 2. The summed E-state index contributed by atoms with van der Waals surface area (Å²) in [6.45, 7) is 0. The third-order valence-electron chi connectivity index (χ3n) is 11.5. The van der Waals surface area contributed by atoms with Crippen LogP contribution in [0.4, 0.5) is 0 Å². The Bertz CT molecular complexity index is 3260. The van der Waals surface area contributed by atoms with E-state index in [1.54, 1.807) is 70.6 Å². The van der Waals surface area contributed by atoms with Crippen LogP contribution < -0.4 is 0 Å². The molecule has 0 atom stereocenters. The first kappa shape index (κ1) is 59.1. The third-order valence-corrected chi connectivity index (χ3v) is 17.4. The molecule has 1 aliphatic carbocycles. The predicted molar refractivity (Wildman–Crippen MR) is 351 cm³/mol. The minimum Gasteiger partial charge on any atom is -0.143 e. The van der Waals surface area contributed by atoms with E-state index in [4.69, 9.17) is 0 Å². The molecule has 0 saturated carbocycles. The lowest BCUT2D eigenvalue weighted by molar-refractivity contribution is 1.04. The fourth-order valence-corrected chi connectivity index (χ4v) is 11.5. The summed E-state index contributed by atoms with van der Waals surface area (Å²) in [5, 5.41) is 0. The molecule has 0 heterocycles. The number of thioether (sulfide) groups is 3. The first-order valence-electron chi connectivity index (χ1n) is 25.1. The van der Waals surface area contributed by atoms with Crippen molar-refractivity contribution in [1.82, 2.24) is 0 Å². The Labute approximate surface area is 495 Å². The first-order valence-corrected chi connectivity index (χ1v) is 32.1. The summed E-state index contributed by atoms with van der Waals surface area (Å²) in [5.74, 6) is 0. The maximum Gasteiger partial charge on any atom is 0.0123 e. The second-order valence-corrected chi connectivity index (χ2v) is 24.1. The van der Waals surface area contributed by atoms with E-state index in [2.05, 4.69) is 269 Å². The van der Waals surface area contributed by atoms with Crippen LogP contribution in [0.25, 0.3) is 27.8 Å². The van der Waals surface area contributed by atoms with Crippen LogP contribution in [0.1, 0.15) is 18.4 Å². The van der Waals surface area contributed by atoms with Crippen LogP contribution in [0.3, 0.4) is 0 Å². The summed E-state index contributed by atoms with van der Waals surface area (Å²) in [6, 6.07) is 93.0. The predicted octanol–water partition coefficient (Wildman–Crippen LogP) is 22.7. The zero-order valence-corrected chi connectivity index (χ0v) is 50.1. The van der Waals surface area contributed by atoms with Gasteiger partial charge < -0.3 is 0 Å². The van der Waals surface area contributed by atoms with Crippen molar-refractivity contribution in [2.45, 2.75) is 66.7 Å². The summed E-state index contributed by atoms with van der Waals surface area (Å²) in [4.78, 5) is 13.5. The van der Waals surface area contributed by atoms with E-state index in [1.165, 1.54) is 83.9 Å². The molecular formula is C69H62S8. The fourth-order valence-electron chi connectivity index (χ4n) is 7.43. The minimum absolute atomic E-state index is 1.00. The molecule has 0 radical (unpaired) electrons. The molecule has 0 saturated heterocycles. The molecular weight excluding hydrogens is 1090 g/mol. The summed E-state index contributed by atoms with van der Waals surface area (Å²) in [7, 11) is 0. The highest BCUT2D eigenvalue weighted by Crippen LogP contribution is 2.34. The lowest BCUT2D eigenvalue weighted by Gasteiger charge is -2.09. The molecule has 0 N–H and O–H groups in total. The summed E-state index contributed by atoms with van der Waals surface area (Å²) in [6.07, 6.45) is 15.4. The van der Waals surface area contributed by atoms with Gasteiger partial charge in [0.2, 0.25) is 0 Å². The Kier molecular flexibility index (Phi) is 25.9. The first-order chi connectivity index (χ1) is 37.8. The summed E-state index contributed by atoms with van der Waals surface area (Å²) >= 11 is 19.0. The van der Waals surface area contributed by atoms with Crippen LogP contribution >= 0.6 is 95.8 Å². The molecule has 10 aromatic carbocycles. The van der Waals surface area contributed by atoms with Gasteiger partial charge in [0.15, 0.2) is 0 Å². The van der Waals surface area contributed by atoms with Gasteiger partial charge in [0.05, 0.1) is 0 Å². The highest BCUT2D eigenvalue weighted by molar-refractivity contribution is 8.00. The maximum absolute atomic E-state index is 4.25. The van der Waals surface area contributed by atoms with Crippen molar-refractivity contribution in [3.63, 3.8) is 0 Å². The quantitative estimate of drug-likeness (QED) is 0.0918. The van der Waals surface area contributed by atoms with E-state index >= 15 is 0 Å². The molecule has 0 amide bonds. The number of thiol groups is 2. The zero-order chi connectivity index (χ0) is 53.7. The van der Waals surface area contributed by atoms with Gasteiger partial charge in [-0.15, -0.1) is 60.5 Å². The summed E-state index contributed by atoms with van der Waals surface area (Å²) < 4.78 is 0. The van der Waals surface area contributed by atoms with Crippen LogP contribution in [0.5, 0.6) is 0 Å². The van der Waals surface area contributed by atoms with E-state index in [0.717, 1.165) is 16.2 Å². The van der Waals surface area contributed by atoms with Crippen LogP contribution in [0.15, 0.2) is 339 Å². The SMILES string of the molecule is CSc1ccc(-c2ccc(C3=CCCC=C3)cc2)cc1.CSc1ccc(-c2ccccc2)cc1.CSc1ccc(Sc2ccc(Sc3ccccc3)cc2)cc1.Sc1ccc(Sc2ccccc2)cc1.Sc1ccccc1. The molecule has 0 aromatic heterocycles. The maximum atomic E-state index is 4.25. The number of rotatable bonds is 12. The highest BCUT2D eigenvalue weighted by atomic mass is 32.2. The number of hydrogen-bond acceptors (Lipinski definition) is 8. The fraction of sp³-hybridized carbons (Fsp3) is 0.0725. The van der Waals surface area contributed by atoms with Crippen molar-refractivity contribution in [3.05, 3.63) is 291 Å². The third kappa shape index (κ3) is 21.3. The lowest BCUT2D eigenvalue weighted by atomic mass is 9.97. The van der Waals surface area contributed by atoms with Gasteiger partial charge in [-0.1, -0.05) is 187 Å². The molecule has 0 bridgehead atoms. The van der Waals surface area contributed by atoms with Crippen molar-refractivity contribution in [3.8, 4) is 22.3 Å². The van der Waals surface area contributed by atoms with Crippen molar-refractivity contribution in [2.75, 3.05) is 18.8 Å². The van der Waals surface area contributed by atoms with Gasteiger partial charge in [0.1, 0.15) is 0 Å². The molecule has 1 aliphatic rings. The van der Waals surface area contributed by atoms with Crippen molar-refractivity contribution in [1.29, 1.82) is 0 Å². The minimum atomic E-state index is 1.00. The van der Waals surface area contributed by atoms with Gasteiger partial charge >= 0.3 is 0 Å². The van der Waals surface area contributed by atoms with E-state index in [9.17, 15) is 0 Å². The molecule has 8 heteroatoms. The van der Waals surface area contributed by atoms with Gasteiger partial charge in [0, 0.05) is 53.9 Å². The van der Waals surface area contributed by atoms with Crippen molar-refractivity contribution >= 4 is 101 Å². The van der Waals surface area contributed by atoms with Crippen molar-refractivity contribution < 1.29 is 0 Å². The van der Waals surface area contributed by atoms with E-state index < -0.39 is 0 Å². The van der Waals surface area contributed by atoms with Gasteiger partial charge in [-0.2, -0.15) is 0 Å². The van der Waals surface area contributed by atoms with E-state index in [1.807, 2.05) is 60.7 Å². The topological polar surface area (TPSA) is 0 Å². The second-order valence-electron chi connectivity index (χ2n) is 16.9. The van der Waals surface area contributed by atoms with Gasteiger partial charge in [0.25, 0.3) is 0 Å². The molecule has 0 fully saturated rings. The van der Waals surface area contributed by atoms with Gasteiger partial charge in [-0.3, -0.25) is 0 Å². The largest absolute Gasteiger partial charge is 0.143 e. The Morgan fingerprint density at radius 3 is 0.870 bits per heavy atom. The van der Waals surface area contributed by atoms with Gasteiger partial charge in [-0.05, 0) is 198 Å². The molecule has 386 valence electrons. The summed E-state index contributed by atoms with van der Waals surface area (Å²) in [5.41, 5.74) is 7.78. The lowest BCUT2D eigenvalue weighted by Crippen LogP contribution is -1.86. The van der Waals surface area contributed by atoms with Crippen LogP contribution in [-0.4, -0.2) is 18.8 Å². The van der Waals surface area contributed by atoms with Crippen LogP contribution in [0.2, 0.25) is 0 Å². The molecule has 10 aromatic rings. The molecule has 0 nitrogen and oxygen atoms in total. The second kappa shape index (κ2) is 33.7. The van der Waals surface area contributed by atoms with Gasteiger partial charge in [-0.25, -0.2) is 0 Å². The molecule has 77 heavy (non-hydrogen) atoms. The molecule has 0 aliphatic heterocycles. The zero-order valence-electron chi connectivity index (χ0n) is 43.4. The van der Waals surface area contributed by atoms with E-state index in [0.29, 0.717) is 0 Å². The Balaban J connectivity index is 0.000000145. The standard InChI is InChI=1S/C19H16S3.C19H18S.C13H12S.C12H10S2.C6H6S/c1-20-15-7-9-17(10-8-15)22-19-13-11-18(12-14-19)21-16-5-3-2-4-6-16;1-20-19-13-11-18(12-14-19)17-9-7-16(8-10-17)15-5-3-2-4-6-15;1-14-13-9-7-12(8-10-13)11-5-3-2-4-6-11;13-10-6-8-12(9-7-10)14-11-4-2-1-3-5-11;7-6-4-2-1-3-5-6/h2-14H,1H3;3,5-14H,2,4H2,1H3;2-10H,1H3;1-9,13H;1-5,7H. The molecule has 0 unspecified atom stereocenters. The van der Waals surface area contributed by atoms with Crippen LogP contribution in [0, 0.1) is 0 Å². The Morgan fingerprint density at radius 1 is 0.260 bits per heavy atom. The average molecular weight is 1150 g/mol. The monoisotopic (exact) mass is 1150 g/mol. The normalized spacial score (nSPS) is 11.2. The molecule has 11 rings (SSSR count).